The summed E-state index contributed by atoms with van der Waals surface area (Å²) in [5.74, 6) is -0.171. The predicted molar refractivity (Wildman–Crippen MR) is 90.2 cm³/mol. The van der Waals surface area contributed by atoms with Crippen LogP contribution in [0.2, 0.25) is 0 Å². The Bertz CT molecular complexity index is 693. The predicted octanol–water partition coefficient (Wildman–Crippen LogP) is 2.53. The molecule has 122 valence electrons. The molecular weight excluding hydrogens is 314 g/mol. The minimum atomic E-state index is -0.351. The van der Waals surface area contributed by atoms with E-state index in [-0.39, 0.29) is 18.4 Å². The van der Waals surface area contributed by atoms with E-state index < -0.39 is 0 Å². The highest BCUT2D eigenvalue weighted by molar-refractivity contribution is 7.15. The molecule has 0 aliphatic carbocycles. The smallest absolute Gasteiger partial charge is 0.255 e. The maximum absolute atomic E-state index is 12.2. The molecule has 23 heavy (non-hydrogen) atoms. The summed E-state index contributed by atoms with van der Waals surface area (Å²) in [6.07, 6.45) is 0. The van der Waals surface area contributed by atoms with Crippen molar-refractivity contribution in [1.82, 2.24) is 10.3 Å². The first-order valence-corrected chi connectivity index (χ1v) is 8.06. The maximum atomic E-state index is 12.2. The van der Waals surface area contributed by atoms with E-state index in [2.05, 4.69) is 15.6 Å². The van der Waals surface area contributed by atoms with Crippen molar-refractivity contribution < 1.29 is 14.3 Å². The second kappa shape index (κ2) is 7.73. The lowest BCUT2D eigenvalue weighted by Crippen LogP contribution is -2.33. The molecule has 0 aliphatic heterocycles. The largest absolute Gasteiger partial charge is 0.493 e. The number of benzene rings is 1. The highest BCUT2D eigenvalue weighted by Crippen LogP contribution is 2.21. The van der Waals surface area contributed by atoms with Gasteiger partial charge in [-0.1, -0.05) is 12.1 Å². The molecule has 0 saturated heterocycles. The van der Waals surface area contributed by atoms with E-state index in [1.165, 1.54) is 11.3 Å². The molecule has 1 aromatic heterocycles. The van der Waals surface area contributed by atoms with Crippen LogP contribution in [0, 0.1) is 13.8 Å². The second-order valence-electron chi connectivity index (χ2n) is 4.82. The molecule has 0 saturated carbocycles. The Kier molecular flexibility index (Phi) is 5.70. The van der Waals surface area contributed by atoms with Gasteiger partial charge in [0.05, 0.1) is 24.4 Å². The van der Waals surface area contributed by atoms with E-state index in [4.69, 9.17) is 4.74 Å². The van der Waals surface area contributed by atoms with Crippen LogP contribution in [-0.2, 0) is 4.79 Å². The third-order valence-corrected chi connectivity index (χ3v) is 4.10. The number of aromatic nitrogens is 1. The quantitative estimate of drug-likeness (QED) is 0.851. The van der Waals surface area contributed by atoms with Crippen LogP contribution in [0.25, 0.3) is 0 Å². The summed E-state index contributed by atoms with van der Waals surface area (Å²) in [6.45, 7) is 6.01. The zero-order valence-corrected chi connectivity index (χ0v) is 14.1. The van der Waals surface area contributed by atoms with Crippen LogP contribution >= 0.6 is 11.3 Å². The van der Waals surface area contributed by atoms with Gasteiger partial charge in [0.15, 0.2) is 5.13 Å². The fraction of sp³-hybridized carbons (Fsp3) is 0.312. The average Bonchev–Trinajstić information content (AvgIpc) is 2.83. The maximum Gasteiger partial charge on any atom is 0.255 e. The Morgan fingerprint density at radius 1 is 1.26 bits per heavy atom. The zero-order valence-electron chi connectivity index (χ0n) is 13.3. The fourth-order valence-corrected chi connectivity index (χ4v) is 2.71. The van der Waals surface area contributed by atoms with Crippen LogP contribution in [-0.4, -0.2) is 29.9 Å². The standard InChI is InChI=1S/C16H19N3O3S/c1-4-22-13-8-6-5-7-12(13)15(21)17-9-14(20)19-16-18-10(2)11(3)23-16/h5-8H,4,9H2,1-3H3,(H,17,21)(H,18,19,20). The number of ether oxygens (including phenoxy) is 1. The van der Waals surface area contributed by atoms with Gasteiger partial charge in [0.2, 0.25) is 5.91 Å². The summed E-state index contributed by atoms with van der Waals surface area (Å²) in [5, 5.41) is 5.79. The first kappa shape index (κ1) is 17.0. The van der Waals surface area contributed by atoms with E-state index in [9.17, 15) is 9.59 Å². The molecule has 0 aliphatic rings. The monoisotopic (exact) mass is 333 g/mol. The second-order valence-corrected chi connectivity index (χ2v) is 6.02. The summed E-state index contributed by atoms with van der Waals surface area (Å²) < 4.78 is 5.41. The topological polar surface area (TPSA) is 80.3 Å². The summed E-state index contributed by atoms with van der Waals surface area (Å²) in [6, 6.07) is 6.92. The molecule has 0 atom stereocenters. The minimum Gasteiger partial charge on any atom is -0.493 e. The number of carbonyl (C=O) groups excluding carboxylic acids is 2. The summed E-state index contributed by atoms with van der Waals surface area (Å²) in [7, 11) is 0. The molecule has 0 fully saturated rings. The Hall–Kier alpha value is -2.41. The number of carbonyl (C=O) groups is 2. The lowest BCUT2D eigenvalue weighted by atomic mass is 10.2. The molecule has 7 heteroatoms. The van der Waals surface area contributed by atoms with Gasteiger partial charge in [0.1, 0.15) is 5.75 Å². The number of thiazole rings is 1. The Morgan fingerprint density at radius 3 is 2.65 bits per heavy atom. The van der Waals surface area contributed by atoms with Gasteiger partial charge in [-0.05, 0) is 32.9 Å². The fourth-order valence-electron chi connectivity index (χ4n) is 1.88. The van der Waals surface area contributed by atoms with Crippen molar-refractivity contribution in [3.8, 4) is 5.75 Å². The number of nitrogens with zero attached hydrogens (tertiary/aromatic N) is 1. The number of hydrogen-bond donors (Lipinski definition) is 2. The molecule has 0 radical (unpaired) electrons. The summed E-state index contributed by atoms with van der Waals surface area (Å²) in [4.78, 5) is 29.3. The van der Waals surface area contributed by atoms with Crippen molar-refractivity contribution in [2.75, 3.05) is 18.5 Å². The van der Waals surface area contributed by atoms with Gasteiger partial charge in [0, 0.05) is 4.88 Å². The number of amides is 2. The van der Waals surface area contributed by atoms with Crippen LogP contribution in [0.1, 0.15) is 27.9 Å². The number of nitrogens with one attached hydrogen (secondary N) is 2. The molecule has 0 bridgehead atoms. The van der Waals surface area contributed by atoms with Gasteiger partial charge in [-0.15, -0.1) is 11.3 Å². The molecule has 2 amide bonds. The van der Waals surface area contributed by atoms with Gasteiger partial charge < -0.3 is 15.4 Å². The van der Waals surface area contributed by atoms with Crippen molar-refractivity contribution in [3.05, 3.63) is 40.4 Å². The number of rotatable bonds is 6. The van der Waals surface area contributed by atoms with Crippen molar-refractivity contribution >= 4 is 28.3 Å². The van der Waals surface area contributed by atoms with Crippen molar-refractivity contribution in [3.63, 3.8) is 0 Å². The van der Waals surface area contributed by atoms with Crippen molar-refractivity contribution in [2.45, 2.75) is 20.8 Å². The Labute approximate surface area is 138 Å². The first-order valence-electron chi connectivity index (χ1n) is 7.25. The van der Waals surface area contributed by atoms with E-state index in [0.717, 1.165) is 10.6 Å². The minimum absolute atomic E-state index is 0.128. The Balaban J connectivity index is 1.92. The highest BCUT2D eigenvalue weighted by atomic mass is 32.1. The molecule has 0 spiro atoms. The molecule has 2 aromatic rings. The van der Waals surface area contributed by atoms with Gasteiger partial charge >= 0.3 is 0 Å². The van der Waals surface area contributed by atoms with E-state index in [0.29, 0.717) is 23.1 Å². The van der Waals surface area contributed by atoms with Crippen molar-refractivity contribution in [1.29, 1.82) is 0 Å². The summed E-state index contributed by atoms with van der Waals surface area (Å²) in [5.41, 5.74) is 1.29. The normalized spacial score (nSPS) is 10.2. The molecule has 2 rings (SSSR count). The van der Waals surface area contributed by atoms with Crippen LogP contribution < -0.4 is 15.4 Å². The first-order chi connectivity index (χ1) is 11.0. The molecular formula is C16H19N3O3S. The molecule has 6 nitrogen and oxygen atoms in total. The number of aryl methyl sites for hydroxylation is 2. The van der Waals surface area contributed by atoms with Crippen LogP contribution in [0.4, 0.5) is 5.13 Å². The van der Waals surface area contributed by atoms with Crippen molar-refractivity contribution in [2.24, 2.45) is 0 Å². The van der Waals surface area contributed by atoms with Gasteiger partial charge in [-0.2, -0.15) is 0 Å². The van der Waals surface area contributed by atoms with Crippen LogP contribution in [0.3, 0.4) is 0 Å². The van der Waals surface area contributed by atoms with E-state index in [1.54, 1.807) is 24.3 Å². The number of hydrogen-bond acceptors (Lipinski definition) is 5. The highest BCUT2D eigenvalue weighted by Gasteiger charge is 2.14. The lowest BCUT2D eigenvalue weighted by molar-refractivity contribution is -0.115. The zero-order chi connectivity index (χ0) is 16.8. The molecule has 2 N–H and O–H groups in total. The Morgan fingerprint density at radius 2 is 2.00 bits per heavy atom. The van der Waals surface area contributed by atoms with Gasteiger partial charge in [-0.25, -0.2) is 4.98 Å². The van der Waals surface area contributed by atoms with Crippen LogP contribution in [0.15, 0.2) is 24.3 Å². The third-order valence-electron chi connectivity index (χ3n) is 3.12. The molecule has 1 heterocycles. The molecule has 0 unspecified atom stereocenters. The third kappa shape index (κ3) is 4.53. The lowest BCUT2D eigenvalue weighted by Gasteiger charge is -2.10. The number of anilines is 1. The summed E-state index contributed by atoms with van der Waals surface area (Å²) >= 11 is 1.41. The average molecular weight is 333 g/mol. The SMILES string of the molecule is CCOc1ccccc1C(=O)NCC(=O)Nc1nc(C)c(C)s1. The van der Waals surface area contributed by atoms with Crippen LogP contribution in [0.5, 0.6) is 5.75 Å². The van der Waals surface area contributed by atoms with Gasteiger partial charge in [0.25, 0.3) is 5.91 Å². The van der Waals surface area contributed by atoms with E-state index in [1.807, 2.05) is 20.8 Å². The number of para-hydroxylation sites is 1. The van der Waals surface area contributed by atoms with E-state index >= 15 is 0 Å². The molecule has 1 aromatic carbocycles. The van der Waals surface area contributed by atoms with Gasteiger partial charge in [-0.3, -0.25) is 9.59 Å².